The Morgan fingerprint density at radius 1 is 0.917 bits per heavy atom. The number of hydrogen-bond donors (Lipinski definition) is 1. The molecule has 3 aromatic rings. The highest BCUT2D eigenvalue weighted by Gasteiger charge is 2.27. The first-order chi connectivity index (χ1) is 17.2. The summed E-state index contributed by atoms with van der Waals surface area (Å²) in [6.45, 7) is 4.95. The number of anilines is 1. The van der Waals surface area contributed by atoms with Crippen LogP contribution in [0.3, 0.4) is 0 Å². The first kappa shape index (κ1) is 26.5. The molecule has 1 aliphatic heterocycles. The van der Waals surface area contributed by atoms with Crippen molar-refractivity contribution in [2.45, 2.75) is 37.8 Å². The third kappa shape index (κ3) is 6.79. The van der Waals surface area contributed by atoms with Crippen molar-refractivity contribution >= 4 is 44.8 Å². The number of amides is 1. The molecule has 1 N–H and O–H groups in total. The van der Waals surface area contributed by atoms with Gasteiger partial charge in [-0.05, 0) is 74.3 Å². The van der Waals surface area contributed by atoms with E-state index < -0.39 is 22.5 Å². The number of aryl methyl sites for hydroxylation is 1. The van der Waals surface area contributed by atoms with E-state index in [0.717, 1.165) is 35.1 Å². The molecule has 0 bridgehead atoms. The monoisotopic (exact) mass is 545 g/mol. The van der Waals surface area contributed by atoms with Crippen LogP contribution in [0.25, 0.3) is 0 Å². The van der Waals surface area contributed by atoms with Crippen molar-refractivity contribution in [2.24, 2.45) is 0 Å². The number of likely N-dealkylation sites (tertiary alicyclic amines) is 1. The number of nitrogens with zero attached hydrogens (tertiary/aromatic N) is 2. The lowest BCUT2D eigenvalue weighted by Gasteiger charge is -2.24. The minimum absolute atomic E-state index is 0.0746. The Hall–Kier alpha value is -2.58. The first-order valence-corrected chi connectivity index (χ1v) is 14.0. The molecule has 36 heavy (non-hydrogen) atoms. The van der Waals surface area contributed by atoms with Crippen LogP contribution in [0.15, 0.2) is 71.6 Å². The number of hydrogen-bond acceptors (Lipinski definition) is 4. The van der Waals surface area contributed by atoms with Crippen LogP contribution in [0.4, 0.5) is 5.69 Å². The summed E-state index contributed by atoms with van der Waals surface area (Å²) in [6.07, 6.45) is 2.50. The zero-order valence-corrected chi connectivity index (χ0v) is 22.4. The van der Waals surface area contributed by atoms with Crippen molar-refractivity contribution in [2.75, 3.05) is 23.9 Å². The number of nitrogens with one attached hydrogen (secondary N) is 1. The summed E-state index contributed by atoms with van der Waals surface area (Å²) in [5.74, 6) is -0.442. The Kier molecular flexibility index (Phi) is 8.57. The van der Waals surface area contributed by atoms with Crippen molar-refractivity contribution in [1.29, 1.82) is 0 Å². The van der Waals surface area contributed by atoms with E-state index in [2.05, 4.69) is 22.3 Å². The predicted octanol–water partition coefficient (Wildman–Crippen LogP) is 5.41. The van der Waals surface area contributed by atoms with Crippen LogP contribution in [0.1, 0.15) is 29.5 Å². The summed E-state index contributed by atoms with van der Waals surface area (Å²) in [6, 6.07) is 19.0. The van der Waals surface area contributed by atoms with Gasteiger partial charge in [0.15, 0.2) is 0 Å². The first-order valence-electron chi connectivity index (χ1n) is 11.8. The molecule has 6 nitrogen and oxygen atoms in total. The van der Waals surface area contributed by atoms with E-state index in [-0.39, 0.29) is 27.2 Å². The van der Waals surface area contributed by atoms with Crippen molar-refractivity contribution in [3.8, 4) is 0 Å². The third-order valence-corrected chi connectivity index (χ3v) is 8.37. The van der Waals surface area contributed by atoms with Gasteiger partial charge in [-0.3, -0.25) is 14.0 Å². The molecular formula is C27H29Cl2N3O3S. The molecule has 190 valence electrons. The summed E-state index contributed by atoms with van der Waals surface area (Å²) in [4.78, 5) is 15.4. The zero-order valence-electron chi connectivity index (χ0n) is 20.1. The molecule has 1 aliphatic rings. The second kappa shape index (κ2) is 11.6. The SMILES string of the molecule is Cc1ccc(S(=O)(=O)N(CC(=O)NCc2ccc(CN3CCCC3)cc2)c2cc(Cl)cc(Cl)c2)cc1. The van der Waals surface area contributed by atoms with Crippen LogP contribution < -0.4 is 9.62 Å². The van der Waals surface area contributed by atoms with Crippen molar-refractivity contribution in [1.82, 2.24) is 10.2 Å². The molecule has 1 heterocycles. The summed E-state index contributed by atoms with van der Waals surface area (Å²) in [5, 5.41) is 3.38. The maximum absolute atomic E-state index is 13.5. The van der Waals surface area contributed by atoms with Crippen LogP contribution in [0.5, 0.6) is 0 Å². The minimum atomic E-state index is -4.05. The average molecular weight is 547 g/mol. The zero-order chi connectivity index (χ0) is 25.7. The number of carbonyl (C=O) groups is 1. The fourth-order valence-electron chi connectivity index (χ4n) is 4.18. The molecule has 0 unspecified atom stereocenters. The number of benzene rings is 3. The van der Waals surface area contributed by atoms with Gasteiger partial charge in [0.1, 0.15) is 6.54 Å². The van der Waals surface area contributed by atoms with E-state index in [1.165, 1.54) is 48.7 Å². The van der Waals surface area contributed by atoms with Gasteiger partial charge in [-0.15, -0.1) is 0 Å². The lowest BCUT2D eigenvalue weighted by Crippen LogP contribution is -2.40. The number of sulfonamides is 1. The summed E-state index contributed by atoms with van der Waals surface area (Å²) in [5.41, 5.74) is 3.32. The Balaban J connectivity index is 1.47. The van der Waals surface area contributed by atoms with Gasteiger partial charge in [-0.25, -0.2) is 8.42 Å². The molecule has 1 saturated heterocycles. The molecule has 0 aliphatic carbocycles. The van der Waals surface area contributed by atoms with Crippen LogP contribution in [-0.4, -0.2) is 38.9 Å². The topological polar surface area (TPSA) is 69.7 Å². The smallest absolute Gasteiger partial charge is 0.264 e. The summed E-state index contributed by atoms with van der Waals surface area (Å²) < 4.78 is 28.1. The largest absolute Gasteiger partial charge is 0.350 e. The standard InChI is InChI=1S/C27H29Cl2N3O3S/c1-20-4-10-26(11-5-20)36(34,35)32(25-15-23(28)14-24(29)16-25)19-27(33)30-17-21-6-8-22(9-7-21)18-31-12-2-3-13-31/h4-11,14-16H,2-3,12-13,17-19H2,1H3,(H,30,33). The van der Waals surface area contributed by atoms with Crippen LogP contribution in [-0.2, 0) is 27.9 Å². The second-order valence-electron chi connectivity index (χ2n) is 9.03. The fraction of sp³-hybridized carbons (Fsp3) is 0.296. The lowest BCUT2D eigenvalue weighted by atomic mass is 10.1. The quantitative estimate of drug-likeness (QED) is 0.390. The number of halogens is 2. The van der Waals surface area contributed by atoms with E-state index in [9.17, 15) is 13.2 Å². The second-order valence-corrected chi connectivity index (χ2v) is 11.8. The van der Waals surface area contributed by atoms with Gasteiger partial charge in [0.25, 0.3) is 10.0 Å². The Labute approximate surface area is 222 Å². The highest BCUT2D eigenvalue weighted by molar-refractivity contribution is 7.92. The molecule has 0 aromatic heterocycles. The van der Waals surface area contributed by atoms with Gasteiger partial charge in [0.2, 0.25) is 5.91 Å². The molecule has 1 amide bonds. The Morgan fingerprint density at radius 2 is 1.50 bits per heavy atom. The molecule has 3 aromatic carbocycles. The molecule has 1 fully saturated rings. The molecule has 4 rings (SSSR count). The van der Waals surface area contributed by atoms with Gasteiger partial charge in [0, 0.05) is 23.1 Å². The normalized spacial score (nSPS) is 14.1. The van der Waals surface area contributed by atoms with E-state index in [0.29, 0.717) is 0 Å². The van der Waals surface area contributed by atoms with Gasteiger partial charge < -0.3 is 5.32 Å². The maximum Gasteiger partial charge on any atom is 0.264 e. The van der Waals surface area contributed by atoms with E-state index in [4.69, 9.17) is 23.2 Å². The maximum atomic E-state index is 13.5. The van der Waals surface area contributed by atoms with E-state index in [1.807, 2.05) is 19.1 Å². The van der Waals surface area contributed by atoms with Crippen LogP contribution in [0.2, 0.25) is 10.0 Å². The van der Waals surface area contributed by atoms with Crippen LogP contribution in [0, 0.1) is 6.92 Å². The van der Waals surface area contributed by atoms with E-state index >= 15 is 0 Å². The molecule has 0 saturated carbocycles. The minimum Gasteiger partial charge on any atom is -0.350 e. The van der Waals surface area contributed by atoms with Gasteiger partial charge >= 0.3 is 0 Å². The number of rotatable bonds is 9. The highest BCUT2D eigenvalue weighted by Crippen LogP contribution is 2.29. The van der Waals surface area contributed by atoms with Crippen LogP contribution >= 0.6 is 23.2 Å². The van der Waals surface area contributed by atoms with Crippen molar-refractivity contribution < 1.29 is 13.2 Å². The number of carbonyl (C=O) groups excluding carboxylic acids is 1. The van der Waals surface area contributed by atoms with Gasteiger partial charge in [-0.2, -0.15) is 0 Å². The molecule has 0 atom stereocenters. The molecule has 9 heteroatoms. The van der Waals surface area contributed by atoms with Gasteiger partial charge in [0.05, 0.1) is 10.6 Å². The summed E-state index contributed by atoms with van der Waals surface area (Å²) >= 11 is 12.3. The fourth-order valence-corrected chi connectivity index (χ4v) is 6.10. The van der Waals surface area contributed by atoms with Crippen molar-refractivity contribution in [3.63, 3.8) is 0 Å². The predicted molar refractivity (Wildman–Crippen MR) is 145 cm³/mol. The van der Waals surface area contributed by atoms with E-state index in [1.54, 1.807) is 12.1 Å². The Bertz CT molecular complexity index is 1290. The molecule has 0 radical (unpaired) electrons. The lowest BCUT2D eigenvalue weighted by molar-refractivity contribution is -0.119. The highest BCUT2D eigenvalue weighted by atomic mass is 35.5. The molecule has 0 spiro atoms. The average Bonchev–Trinajstić information content (AvgIpc) is 3.35. The molecular weight excluding hydrogens is 517 g/mol. The summed E-state index contributed by atoms with van der Waals surface area (Å²) in [7, 11) is -4.05. The Morgan fingerprint density at radius 3 is 2.11 bits per heavy atom. The van der Waals surface area contributed by atoms with Gasteiger partial charge in [-0.1, -0.05) is 65.2 Å². The van der Waals surface area contributed by atoms with Crippen molar-refractivity contribution in [3.05, 3.63) is 93.5 Å². The third-order valence-electron chi connectivity index (χ3n) is 6.15.